The van der Waals surface area contributed by atoms with Crippen LogP contribution in [0, 0.1) is 13.8 Å². The minimum Gasteiger partial charge on any atom is -0.461 e. The highest BCUT2D eigenvalue weighted by molar-refractivity contribution is 7.20. The normalized spacial score (nSPS) is 11.3. The fourth-order valence-electron chi connectivity index (χ4n) is 3.31. The smallest absolute Gasteiger partial charge is 0.387 e. The Morgan fingerprint density at radius 2 is 1.97 bits per heavy atom. The molecule has 4 rings (SSSR count). The van der Waals surface area contributed by atoms with Crippen LogP contribution in [0.15, 0.2) is 47.1 Å². The van der Waals surface area contributed by atoms with Gasteiger partial charge in [0.2, 0.25) is 0 Å². The molecule has 1 amide bonds. The molecule has 6 nitrogen and oxygen atoms in total. The fraction of sp³-hybridized carbons (Fsp3) is 0.227. The number of amides is 1. The average Bonchev–Trinajstić information content (AvgIpc) is 3.37. The van der Waals surface area contributed by atoms with Crippen molar-refractivity contribution in [3.05, 3.63) is 64.4 Å². The maximum atomic E-state index is 12.8. The molecule has 0 spiro atoms. The Hall–Kier alpha value is -3.33. The van der Waals surface area contributed by atoms with Crippen molar-refractivity contribution in [1.82, 2.24) is 15.3 Å². The number of hydrogen-bond acceptors (Lipinski definition) is 6. The van der Waals surface area contributed by atoms with Crippen LogP contribution in [0.2, 0.25) is 0 Å². The third kappa shape index (κ3) is 4.56. The second kappa shape index (κ2) is 8.81. The third-order valence-electron chi connectivity index (χ3n) is 4.77. The number of carbonyl (C=O) groups excluding carboxylic acids is 1. The maximum Gasteiger partial charge on any atom is 0.387 e. The van der Waals surface area contributed by atoms with E-state index in [-0.39, 0.29) is 11.7 Å². The number of aryl methyl sites for hydroxylation is 2. The number of alkyl halides is 2. The number of halogens is 2. The quantitative estimate of drug-likeness (QED) is 0.428. The van der Waals surface area contributed by atoms with Gasteiger partial charge in [-0.25, -0.2) is 9.97 Å². The zero-order valence-corrected chi connectivity index (χ0v) is 17.6. The van der Waals surface area contributed by atoms with Crippen LogP contribution in [0.5, 0.6) is 5.75 Å². The molecule has 0 fully saturated rings. The highest BCUT2D eigenvalue weighted by Gasteiger charge is 2.20. The van der Waals surface area contributed by atoms with E-state index >= 15 is 0 Å². The number of aromatic nitrogens is 2. The largest absolute Gasteiger partial charge is 0.461 e. The van der Waals surface area contributed by atoms with Gasteiger partial charge in [-0.15, -0.1) is 11.3 Å². The number of fused-ring (bicyclic) bond motifs is 1. The Bertz CT molecular complexity index is 1210. The van der Waals surface area contributed by atoms with Crippen LogP contribution in [-0.4, -0.2) is 29.0 Å². The molecule has 0 atom stereocenters. The number of benzene rings is 1. The van der Waals surface area contributed by atoms with Crippen molar-refractivity contribution in [2.75, 3.05) is 6.54 Å². The Kier molecular flexibility index (Phi) is 5.94. The lowest BCUT2D eigenvalue weighted by molar-refractivity contribution is -0.0498. The summed E-state index contributed by atoms with van der Waals surface area (Å²) in [6.45, 7) is 1.33. The topological polar surface area (TPSA) is 77.2 Å². The SMILES string of the molecule is Cc1nc(-c2ccco2)nc2sc(C(=O)NCCc3ccc(OC(F)F)cc3)c(C)c12. The van der Waals surface area contributed by atoms with E-state index in [4.69, 9.17) is 4.42 Å². The zero-order valence-electron chi connectivity index (χ0n) is 16.8. The summed E-state index contributed by atoms with van der Waals surface area (Å²) in [5.74, 6) is 0.987. The van der Waals surface area contributed by atoms with Crippen molar-refractivity contribution < 1.29 is 22.7 Å². The second-order valence-electron chi connectivity index (χ2n) is 6.87. The summed E-state index contributed by atoms with van der Waals surface area (Å²) >= 11 is 1.32. The summed E-state index contributed by atoms with van der Waals surface area (Å²) in [6.07, 6.45) is 2.13. The van der Waals surface area contributed by atoms with Gasteiger partial charge >= 0.3 is 6.61 Å². The number of hydrogen-bond donors (Lipinski definition) is 1. The van der Waals surface area contributed by atoms with Gasteiger partial charge in [0.15, 0.2) is 11.6 Å². The summed E-state index contributed by atoms with van der Waals surface area (Å²) in [5, 5.41) is 3.79. The molecule has 0 saturated heterocycles. The highest BCUT2D eigenvalue weighted by Crippen LogP contribution is 2.33. The molecule has 160 valence electrons. The molecule has 9 heteroatoms. The molecular weight excluding hydrogens is 424 g/mol. The van der Waals surface area contributed by atoms with Gasteiger partial charge in [0.1, 0.15) is 10.6 Å². The first-order valence-electron chi connectivity index (χ1n) is 9.56. The van der Waals surface area contributed by atoms with Gasteiger partial charge in [0.05, 0.1) is 16.8 Å². The van der Waals surface area contributed by atoms with Gasteiger partial charge in [-0.05, 0) is 55.7 Å². The van der Waals surface area contributed by atoms with E-state index in [0.29, 0.717) is 29.4 Å². The van der Waals surface area contributed by atoms with Crippen molar-refractivity contribution in [1.29, 1.82) is 0 Å². The van der Waals surface area contributed by atoms with Crippen LogP contribution in [0.3, 0.4) is 0 Å². The van der Waals surface area contributed by atoms with Crippen LogP contribution >= 0.6 is 11.3 Å². The van der Waals surface area contributed by atoms with Crippen LogP contribution in [0.25, 0.3) is 21.8 Å². The Labute approximate surface area is 180 Å². The number of furan rings is 1. The standard InChI is InChI=1S/C22H19F2N3O3S/c1-12-17-13(2)26-19(16-4-3-11-29-16)27-21(17)31-18(12)20(28)25-10-9-14-5-7-15(8-6-14)30-22(23)24/h3-8,11,22H,9-10H2,1-2H3,(H,25,28). The molecule has 3 heterocycles. The van der Waals surface area contributed by atoms with E-state index in [1.165, 1.54) is 23.5 Å². The van der Waals surface area contributed by atoms with Crippen molar-refractivity contribution in [2.24, 2.45) is 0 Å². The zero-order chi connectivity index (χ0) is 22.0. The third-order valence-corrected chi connectivity index (χ3v) is 5.95. The molecule has 0 saturated carbocycles. The number of nitrogens with zero attached hydrogens (tertiary/aromatic N) is 2. The minimum atomic E-state index is -2.85. The fourth-order valence-corrected chi connectivity index (χ4v) is 4.46. The van der Waals surface area contributed by atoms with Gasteiger partial charge in [-0.1, -0.05) is 12.1 Å². The van der Waals surface area contributed by atoms with E-state index in [2.05, 4.69) is 20.0 Å². The molecule has 31 heavy (non-hydrogen) atoms. The summed E-state index contributed by atoms with van der Waals surface area (Å²) in [6, 6.07) is 9.93. The lowest BCUT2D eigenvalue weighted by Crippen LogP contribution is -2.25. The van der Waals surface area contributed by atoms with Crippen molar-refractivity contribution in [3.8, 4) is 17.3 Å². The molecule has 1 N–H and O–H groups in total. The number of thiophene rings is 1. The Morgan fingerprint density at radius 3 is 2.65 bits per heavy atom. The first-order chi connectivity index (χ1) is 14.9. The van der Waals surface area contributed by atoms with E-state index < -0.39 is 6.61 Å². The lowest BCUT2D eigenvalue weighted by atomic mass is 10.1. The van der Waals surface area contributed by atoms with Crippen LogP contribution in [0.4, 0.5) is 8.78 Å². The molecule has 3 aromatic heterocycles. The summed E-state index contributed by atoms with van der Waals surface area (Å²) < 4.78 is 34.2. The van der Waals surface area contributed by atoms with Crippen molar-refractivity contribution in [2.45, 2.75) is 26.9 Å². The summed E-state index contributed by atoms with van der Waals surface area (Å²) in [5.41, 5.74) is 2.53. The molecule has 0 bridgehead atoms. The minimum absolute atomic E-state index is 0.106. The predicted molar refractivity (Wildman–Crippen MR) is 114 cm³/mol. The molecule has 0 aliphatic carbocycles. The van der Waals surface area contributed by atoms with Crippen LogP contribution in [0.1, 0.15) is 26.5 Å². The van der Waals surface area contributed by atoms with Gasteiger partial charge in [-0.3, -0.25) is 4.79 Å². The number of ether oxygens (including phenoxy) is 1. The van der Waals surface area contributed by atoms with Gasteiger partial charge in [-0.2, -0.15) is 8.78 Å². The molecule has 1 aromatic carbocycles. The predicted octanol–water partition coefficient (Wildman–Crippen LogP) is 5.14. The molecule has 0 radical (unpaired) electrons. The summed E-state index contributed by atoms with van der Waals surface area (Å²) in [7, 11) is 0. The van der Waals surface area contributed by atoms with Gasteiger partial charge in [0, 0.05) is 11.9 Å². The Balaban J connectivity index is 1.45. The van der Waals surface area contributed by atoms with E-state index in [0.717, 1.165) is 27.0 Å². The van der Waals surface area contributed by atoms with Crippen LogP contribution in [-0.2, 0) is 6.42 Å². The second-order valence-corrected chi connectivity index (χ2v) is 7.87. The molecule has 0 unspecified atom stereocenters. The van der Waals surface area contributed by atoms with Crippen molar-refractivity contribution >= 4 is 27.5 Å². The summed E-state index contributed by atoms with van der Waals surface area (Å²) in [4.78, 5) is 23.2. The molecule has 0 aliphatic rings. The van der Waals surface area contributed by atoms with Gasteiger partial charge < -0.3 is 14.5 Å². The lowest BCUT2D eigenvalue weighted by Gasteiger charge is -2.07. The monoisotopic (exact) mass is 443 g/mol. The number of nitrogens with one attached hydrogen (secondary N) is 1. The first kappa shape index (κ1) is 20.9. The molecule has 4 aromatic rings. The van der Waals surface area contributed by atoms with E-state index in [1.807, 2.05) is 13.8 Å². The Morgan fingerprint density at radius 1 is 1.19 bits per heavy atom. The van der Waals surface area contributed by atoms with Gasteiger partial charge in [0.25, 0.3) is 5.91 Å². The van der Waals surface area contributed by atoms with E-state index in [1.54, 1.807) is 30.5 Å². The highest BCUT2D eigenvalue weighted by atomic mass is 32.1. The average molecular weight is 443 g/mol. The molecule has 0 aliphatic heterocycles. The van der Waals surface area contributed by atoms with E-state index in [9.17, 15) is 13.6 Å². The maximum absolute atomic E-state index is 12.8. The number of rotatable bonds is 7. The first-order valence-corrected chi connectivity index (χ1v) is 10.4. The number of carbonyl (C=O) groups is 1. The van der Waals surface area contributed by atoms with Crippen molar-refractivity contribution in [3.63, 3.8) is 0 Å². The van der Waals surface area contributed by atoms with Crippen LogP contribution < -0.4 is 10.1 Å². The molecular formula is C22H19F2N3O3S.